The highest BCUT2D eigenvalue weighted by atomic mass is 15.2. The molecule has 1 aliphatic heterocycles. The lowest BCUT2D eigenvalue weighted by atomic mass is 9.95. The van der Waals surface area contributed by atoms with Crippen LogP contribution in [0.2, 0.25) is 0 Å². The van der Waals surface area contributed by atoms with Gasteiger partial charge in [0.25, 0.3) is 0 Å². The summed E-state index contributed by atoms with van der Waals surface area (Å²) in [6.07, 6.45) is 5.37. The van der Waals surface area contributed by atoms with E-state index in [9.17, 15) is 0 Å². The van der Waals surface area contributed by atoms with Crippen LogP contribution < -0.4 is 4.90 Å². The van der Waals surface area contributed by atoms with E-state index in [4.69, 9.17) is 0 Å². The molecule has 1 fully saturated rings. The van der Waals surface area contributed by atoms with E-state index in [0.29, 0.717) is 5.92 Å². The molecule has 0 unspecified atom stereocenters. The lowest BCUT2D eigenvalue weighted by molar-refractivity contribution is 0.510. The third-order valence-corrected chi connectivity index (χ3v) is 3.62. The van der Waals surface area contributed by atoms with E-state index in [1.54, 1.807) is 6.33 Å². The molecule has 1 aliphatic rings. The molecule has 1 N–H and O–H groups in total. The fraction of sp³-hybridized carbons (Fsp3) is 0.214. The molecule has 3 aromatic rings. The molecular weight excluding hydrogens is 238 g/mol. The minimum Gasteiger partial charge on any atom is -0.354 e. The first-order chi connectivity index (χ1) is 9.42. The summed E-state index contributed by atoms with van der Waals surface area (Å²) in [5.41, 5.74) is 2.06. The second kappa shape index (κ2) is 4.05. The number of nitrogens with zero attached hydrogens (tertiary/aromatic N) is 4. The highest BCUT2D eigenvalue weighted by molar-refractivity contribution is 5.87. The van der Waals surface area contributed by atoms with Crippen molar-refractivity contribution in [1.29, 1.82) is 0 Å². The van der Waals surface area contributed by atoms with Crippen molar-refractivity contribution >= 4 is 16.9 Å². The molecule has 0 aromatic carbocycles. The summed E-state index contributed by atoms with van der Waals surface area (Å²) in [4.78, 5) is 18.4. The summed E-state index contributed by atoms with van der Waals surface area (Å²) in [5, 5.41) is 1.09. The van der Waals surface area contributed by atoms with Crippen molar-refractivity contribution < 1.29 is 0 Å². The van der Waals surface area contributed by atoms with E-state index in [1.165, 1.54) is 0 Å². The normalized spacial score (nSPS) is 15.7. The van der Waals surface area contributed by atoms with Gasteiger partial charge in [0.1, 0.15) is 17.8 Å². The van der Waals surface area contributed by atoms with Gasteiger partial charge >= 0.3 is 0 Å². The number of rotatable bonds is 2. The first-order valence-corrected chi connectivity index (χ1v) is 6.36. The lowest BCUT2D eigenvalue weighted by Gasteiger charge is -2.39. The van der Waals surface area contributed by atoms with Crippen LogP contribution in [0.4, 0.5) is 5.82 Å². The Hall–Kier alpha value is -2.43. The first-order valence-electron chi connectivity index (χ1n) is 6.36. The number of nitrogens with one attached hydrogen (secondary N) is 1. The molecule has 4 heterocycles. The summed E-state index contributed by atoms with van der Waals surface area (Å²) in [5.74, 6) is 1.52. The van der Waals surface area contributed by atoms with E-state index >= 15 is 0 Å². The predicted octanol–water partition coefficient (Wildman–Crippen LogP) is 1.96. The maximum Gasteiger partial charge on any atom is 0.142 e. The van der Waals surface area contributed by atoms with Crippen molar-refractivity contribution in [3.05, 3.63) is 48.7 Å². The molecule has 3 aromatic heterocycles. The fourth-order valence-electron chi connectivity index (χ4n) is 2.57. The Balaban J connectivity index is 1.59. The number of pyridine rings is 1. The average Bonchev–Trinajstić information content (AvgIpc) is 2.87. The summed E-state index contributed by atoms with van der Waals surface area (Å²) in [7, 11) is 0. The van der Waals surface area contributed by atoms with Gasteiger partial charge in [-0.2, -0.15) is 0 Å². The second-order valence-electron chi connectivity index (χ2n) is 4.79. The Morgan fingerprint density at radius 3 is 2.89 bits per heavy atom. The molecular formula is C14H13N5. The van der Waals surface area contributed by atoms with Crippen LogP contribution in [0.3, 0.4) is 0 Å². The van der Waals surface area contributed by atoms with Crippen LogP contribution in [0.25, 0.3) is 11.0 Å². The van der Waals surface area contributed by atoms with Crippen molar-refractivity contribution in [1.82, 2.24) is 19.9 Å². The number of aromatic nitrogens is 4. The van der Waals surface area contributed by atoms with Crippen molar-refractivity contribution in [2.45, 2.75) is 5.92 Å². The van der Waals surface area contributed by atoms with Crippen LogP contribution in [0.15, 0.2) is 43.0 Å². The molecule has 1 saturated heterocycles. The van der Waals surface area contributed by atoms with Crippen molar-refractivity contribution in [3.8, 4) is 0 Å². The molecule has 0 bridgehead atoms. The summed E-state index contributed by atoms with van der Waals surface area (Å²) >= 11 is 0. The highest BCUT2D eigenvalue weighted by Crippen LogP contribution is 2.32. The second-order valence-corrected chi connectivity index (χ2v) is 4.79. The van der Waals surface area contributed by atoms with Gasteiger partial charge in [-0.15, -0.1) is 0 Å². The van der Waals surface area contributed by atoms with Gasteiger partial charge in [-0.3, -0.25) is 4.98 Å². The predicted molar refractivity (Wildman–Crippen MR) is 73.1 cm³/mol. The van der Waals surface area contributed by atoms with E-state index in [2.05, 4.69) is 30.9 Å². The number of fused-ring (bicyclic) bond motifs is 1. The smallest absolute Gasteiger partial charge is 0.142 e. The Morgan fingerprint density at radius 1 is 1.11 bits per heavy atom. The van der Waals surface area contributed by atoms with Crippen LogP contribution in [-0.4, -0.2) is 33.0 Å². The van der Waals surface area contributed by atoms with E-state index in [-0.39, 0.29) is 0 Å². The van der Waals surface area contributed by atoms with E-state index in [0.717, 1.165) is 35.6 Å². The lowest BCUT2D eigenvalue weighted by Crippen LogP contribution is -2.45. The number of H-pyrrole nitrogens is 1. The van der Waals surface area contributed by atoms with E-state index < -0.39 is 0 Å². The fourth-order valence-corrected chi connectivity index (χ4v) is 2.57. The summed E-state index contributed by atoms with van der Waals surface area (Å²) < 4.78 is 0. The van der Waals surface area contributed by atoms with Gasteiger partial charge in [-0.1, -0.05) is 6.07 Å². The molecule has 94 valence electrons. The molecule has 0 amide bonds. The van der Waals surface area contributed by atoms with Gasteiger partial charge in [-0.05, 0) is 18.2 Å². The van der Waals surface area contributed by atoms with Crippen LogP contribution in [-0.2, 0) is 0 Å². The first kappa shape index (κ1) is 10.5. The van der Waals surface area contributed by atoms with Gasteiger partial charge in [0, 0.05) is 37.1 Å². The molecule has 19 heavy (non-hydrogen) atoms. The van der Waals surface area contributed by atoms with Gasteiger partial charge in [0.05, 0.1) is 5.39 Å². The zero-order valence-corrected chi connectivity index (χ0v) is 10.3. The maximum atomic E-state index is 4.42. The standard InChI is InChI=1S/C14H13N5/c1-2-5-15-12(3-1)10-7-19(8-10)14-11-4-6-16-13(11)17-9-18-14/h1-6,9-10H,7-8H2,(H,16,17,18). The SMILES string of the molecule is c1ccc(C2CN(c3ncnc4[nH]ccc34)C2)nc1. The van der Waals surface area contributed by atoms with Crippen LogP contribution >= 0.6 is 0 Å². The molecule has 0 radical (unpaired) electrons. The van der Waals surface area contributed by atoms with Crippen LogP contribution in [0.1, 0.15) is 11.6 Å². The molecule has 4 rings (SSSR count). The Kier molecular flexibility index (Phi) is 2.24. The molecule has 0 aliphatic carbocycles. The van der Waals surface area contributed by atoms with Gasteiger partial charge in [0.15, 0.2) is 0 Å². The largest absolute Gasteiger partial charge is 0.354 e. The maximum absolute atomic E-state index is 4.42. The molecule has 0 atom stereocenters. The number of hydrogen-bond donors (Lipinski definition) is 1. The molecule has 0 saturated carbocycles. The minimum atomic E-state index is 0.505. The third kappa shape index (κ3) is 1.66. The summed E-state index contributed by atoms with van der Waals surface area (Å²) in [6, 6.07) is 8.11. The Labute approximate surface area is 110 Å². The van der Waals surface area contributed by atoms with Crippen LogP contribution in [0, 0.1) is 0 Å². The summed E-state index contributed by atoms with van der Waals surface area (Å²) in [6.45, 7) is 1.93. The topological polar surface area (TPSA) is 57.7 Å². The number of anilines is 1. The minimum absolute atomic E-state index is 0.505. The highest BCUT2D eigenvalue weighted by Gasteiger charge is 2.30. The van der Waals surface area contributed by atoms with Crippen molar-refractivity contribution in [3.63, 3.8) is 0 Å². The van der Waals surface area contributed by atoms with E-state index in [1.807, 2.05) is 30.6 Å². The van der Waals surface area contributed by atoms with Crippen molar-refractivity contribution in [2.75, 3.05) is 18.0 Å². The number of aromatic amines is 1. The third-order valence-electron chi connectivity index (χ3n) is 3.62. The molecule has 5 nitrogen and oxygen atoms in total. The average molecular weight is 251 g/mol. The molecule has 0 spiro atoms. The Bertz CT molecular complexity index is 700. The van der Waals surface area contributed by atoms with Gasteiger partial charge in [-0.25, -0.2) is 9.97 Å². The zero-order valence-electron chi connectivity index (χ0n) is 10.3. The number of hydrogen-bond acceptors (Lipinski definition) is 4. The zero-order chi connectivity index (χ0) is 12.7. The Morgan fingerprint density at radius 2 is 2.05 bits per heavy atom. The van der Waals surface area contributed by atoms with Crippen LogP contribution in [0.5, 0.6) is 0 Å². The quantitative estimate of drug-likeness (QED) is 0.756. The monoisotopic (exact) mass is 251 g/mol. The van der Waals surface area contributed by atoms with Crippen molar-refractivity contribution in [2.24, 2.45) is 0 Å². The van der Waals surface area contributed by atoms with Gasteiger partial charge in [0.2, 0.25) is 0 Å². The van der Waals surface area contributed by atoms with Gasteiger partial charge < -0.3 is 9.88 Å². The molecule has 5 heteroatoms.